The van der Waals surface area contributed by atoms with Crippen LogP contribution in [-0.4, -0.2) is 105 Å². The highest BCUT2D eigenvalue weighted by molar-refractivity contribution is 6.35. The molecule has 0 unspecified atom stereocenters. The number of quaternary nitrogens is 1. The fraction of sp³-hybridized carbons (Fsp3) is 0.326. The number of aliphatic imine (C=N–C) groups is 1. The number of hydrogen-bond donors (Lipinski definition) is 1. The number of carbonyl (C=O) groups excluding carboxylic acids is 2. The number of hydrogen-bond acceptors (Lipinski definition) is 12. The first-order valence-corrected chi connectivity index (χ1v) is 19.8. The minimum Gasteiger partial charge on any atom is -0.497 e. The summed E-state index contributed by atoms with van der Waals surface area (Å²) in [5.74, 6) is 1.37. The van der Waals surface area contributed by atoms with Crippen LogP contribution in [0.15, 0.2) is 95.4 Å². The second-order valence-corrected chi connectivity index (χ2v) is 15.7. The molecule has 0 spiro atoms. The number of ether oxygens (including phenoxy) is 3. The molecule has 1 fully saturated rings. The van der Waals surface area contributed by atoms with Gasteiger partial charge in [-0.25, -0.2) is 9.78 Å². The van der Waals surface area contributed by atoms with Crippen molar-refractivity contribution in [2.24, 2.45) is 4.99 Å². The maximum Gasteiger partial charge on any atom is 0.368 e. The van der Waals surface area contributed by atoms with Gasteiger partial charge in [-0.2, -0.15) is 4.98 Å². The monoisotopic (exact) mass is 836 g/mol. The average Bonchev–Trinajstić information content (AvgIpc) is 3.70. The highest BCUT2D eigenvalue weighted by Crippen LogP contribution is 2.42. The van der Waals surface area contributed by atoms with E-state index in [9.17, 15) is 19.7 Å². The van der Waals surface area contributed by atoms with Gasteiger partial charge in [-0.3, -0.25) is 14.6 Å². The van der Waals surface area contributed by atoms with Crippen molar-refractivity contribution >= 4 is 58.5 Å². The summed E-state index contributed by atoms with van der Waals surface area (Å²) in [4.78, 5) is 57.5. The van der Waals surface area contributed by atoms with Crippen molar-refractivity contribution in [3.05, 3.63) is 122 Å². The number of aromatic nitrogens is 2. The van der Waals surface area contributed by atoms with E-state index in [0.29, 0.717) is 77.3 Å². The fourth-order valence-corrected chi connectivity index (χ4v) is 7.69. The van der Waals surface area contributed by atoms with Crippen LogP contribution in [0.2, 0.25) is 5.02 Å². The van der Waals surface area contributed by atoms with Crippen molar-refractivity contribution < 1.29 is 33.2 Å². The quantitative estimate of drug-likeness (QED) is 0.0561. The van der Waals surface area contributed by atoms with Gasteiger partial charge >= 0.3 is 11.9 Å². The summed E-state index contributed by atoms with van der Waals surface area (Å²) in [6, 6.07) is 18.5. The molecule has 17 heteroatoms. The Balaban J connectivity index is 1.11. The lowest BCUT2D eigenvalue weighted by Gasteiger charge is -2.36. The zero-order valence-corrected chi connectivity index (χ0v) is 34.7. The lowest BCUT2D eigenvalue weighted by Crippen LogP contribution is -2.47. The van der Waals surface area contributed by atoms with Gasteiger partial charge in [0.25, 0.3) is 0 Å². The summed E-state index contributed by atoms with van der Waals surface area (Å²) in [6.45, 7) is 4.24. The number of likely N-dealkylation sites (N-methyl/N-ethyl adjacent to an activating group) is 1. The van der Waals surface area contributed by atoms with Crippen LogP contribution < -0.4 is 29.5 Å². The number of fused-ring (bicyclic) bond motifs is 1. The normalized spacial score (nSPS) is 15.5. The molecular weight excluding hydrogens is 790 g/mol. The number of halogens is 1. The third kappa shape index (κ3) is 9.73. The van der Waals surface area contributed by atoms with E-state index in [1.807, 2.05) is 62.6 Å². The van der Waals surface area contributed by atoms with Crippen LogP contribution in [-0.2, 0) is 29.0 Å². The van der Waals surface area contributed by atoms with Crippen molar-refractivity contribution in [3.63, 3.8) is 0 Å². The summed E-state index contributed by atoms with van der Waals surface area (Å²) in [5.41, 5.74) is 5.18. The van der Waals surface area contributed by atoms with Gasteiger partial charge < -0.3 is 39.0 Å². The van der Waals surface area contributed by atoms with Crippen molar-refractivity contribution in [3.8, 4) is 11.5 Å². The average molecular weight is 837 g/mol. The molecule has 60 heavy (non-hydrogen) atoms. The zero-order chi connectivity index (χ0) is 42.4. The van der Waals surface area contributed by atoms with E-state index in [-0.39, 0.29) is 42.2 Å². The number of morpholine rings is 1. The van der Waals surface area contributed by atoms with Gasteiger partial charge in [-0.15, -0.1) is 0 Å². The van der Waals surface area contributed by atoms with E-state index >= 15 is 0 Å². The smallest absolute Gasteiger partial charge is 0.368 e. The minimum absolute atomic E-state index is 0.0945. The molecule has 4 heterocycles. The fourth-order valence-electron chi connectivity index (χ4n) is 7.40. The molecule has 4 aromatic rings. The van der Waals surface area contributed by atoms with Crippen molar-refractivity contribution in [2.75, 3.05) is 87.7 Å². The third-order valence-electron chi connectivity index (χ3n) is 10.4. The van der Waals surface area contributed by atoms with Crippen LogP contribution in [0.5, 0.6) is 11.5 Å². The van der Waals surface area contributed by atoms with Crippen LogP contribution in [0.4, 0.5) is 33.6 Å². The number of allylic oxidation sites excluding steroid dienone is 1. The Labute approximate surface area is 353 Å². The standard InChI is InChI=1S/C43H47ClN9O7/c1-53(2,28-31-14-15-45-40(31)52(56)57)18-6-9-35(54)22-29-7-5-8-30(21-29)26-51-41-32(27-50(43(51)55)37-23-36(58-3)24-38(59-4)39(37)44)25-46-42(48-41)47-33-10-12-34(13-11-33)49-16-19-60-20-17-49/h5-13,15,21,23-25H,14,16-20,22,26-28H2,1-4H3,(H,46,47,48)/q+1/b9-6+. The first-order chi connectivity index (χ1) is 28.9. The van der Waals surface area contributed by atoms with Crippen molar-refractivity contribution in [2.45, 2.75) is 25.9 Å². The molecule has 0 aliphatic carbocycles. The Hall–Kier alpha value is -6.36. The molecule has 3 aliphatic heterocycles. The molecule has 1 saturated heterocycles. The molecule has 0 radical (unpaired) electrons. The molecular formula is C43H47ClN9O7+. The van der Waals surface area contributed by atoms with Crippen molar-refractivity contribution in [1.82, 2.24) is 9.97 Å². The highest BCUT2D eigenvalue weighted by atomic mass is 35.5. The molecule has 7 rings (SSSR count). The Morgan fingerprint density at radius 1 is 1.07 bits per heavy atom. The second-order valence-electron chi connectivity index (χ2n) is 15.3. The number of ketones is 1. The Morgan fingerprint density at radius 2 is 1.83 bits per heavy atom. The summed E-state index contributed by atoms with van der Waals surface area (Å²) in [6.07, 6.45) is 7.19. The van der Waals surface area contributed by atoms with Gasteiger partial charge in [0.15, 0.2) is 5.78 Å². The number of nitrogens with zero attached hydrogens (tertiary/aromatic N) is 8. The lowest BCUT2D eigenvalue weighted by molar-refractivity contribution is -0.880. The first kappa shape index (κ1) is 41.8. The number of nitro groups is 1. The Morgan fingerprint density at radius 3 is 2.57 bits per heavy atom. The molecule has 16 nitrogen and oxygen atoms in total. The molecule has 0 saturated carbocycles. The van der Waals surface area contributed by atoms with Crippen molar-refractivity contribution in [1.29, 1.82) is 0 Å². The number of anilines is 5. The molecule has 2 amide bonds. The molecule has 3 aliphatic rings. The largest absolute Gasteiger partial charge is 0.497 e. The topological polar surface area (TPSA) is 165 Å². The Kier molecular flexibility index (Phi) is 12.7. The summed E-state index contributed by atoms with van der Waals surface area (Å²) < 4.78 is 17.0. The maximum atomic E-state index is 14.6. The molecule has 0 atom stereocenters. The highest BCUT2D eigenvalue weighted by Gasteiger charge is 2.35. The van der Waals surface area contributed by atoms with Gasteiger partial charge in [0.1, 0.15) is 35.1 Å². The number of urea groups is 1. The predicted molar refractivity (Wildman–Crippen MR) is 230 cm³/mol. The van der Waals surface area contributed by atoms with Gasteiger partial charge in [0, 0.05) is 61.2 Å². The van der Waals surface area contributed by atoms with E-state index in [1.165, 1.54) is 14.2 Å². The molecule has 3 aromatic carbocycles. The van der Waals surface area contributed by atoms with Gasteiger partial charge in [-0.05, 0) is 52.5 Å². The Bertz CT molecular complexity index is 2360. The van der Waals surface area contributed by atoms with Crippen LogP contribution in [0, 0.1) is 10.1 Å². The summed E-state index contributed by atoms with van der Waals surface area (Å²) >= 11 is 6.82. The van der Waals surface area contributed by atoms with Gasteiger partial charge in [-0.1, -0.05) is 40.9 Å². The van der Waals surface area contributed by atoms with Crippen LogP contribution in [0.25, 0.3) is 0 Å². The molecule has 0 bridgehead atoms. The second kappa shape index (κ2) is 18.3. The van der Waals surface area contributed by atoms with E-state index in [0.717, 1.165) is 35.6 Å². The molecule has 312 valence electrons. The van der Waals surface area contributed by atoms with Crippen LogP contribution >= 0.6 is 11.6 Å². The number of carbonyl (C=O) groups is 2. The number of benzene rings is 3. The number of rotatable bonds is 16. The van der Waals surface area contributed by atoms with Crippen LogP contribution in [0.1, 0.15) is 23.1 Å². The van der Waals surface area contributed by atoms with Gasteiger partial charge in [0.2, 0.25) is 5.95 Å². The lowest BCUT2D eigenvalue weighted by atomic mass is 10.0. The third-order valence-corrected chi connectivity index (χ3v) is 10.8. The van der Waals surface area contributed by atoms with E-state index in [2.05, 4.69) is 20.2 Å². The SMILES string of the molecule is COc1cc(OC)c(Cl)c(N2Cc3cnc(Nc4ccc(N5CCOCC5)cc4)nc3N(Cc3cccc(CC(=O)/C=C/C[N+](C)(C)CC4=C([N+](=O)[O-])N=CC4)c3)C2=O)c1. The van der Waals surface area contributed by atoms with Gasteiger partial charge in [0.05, 0.1) is 72.4 Å². The number of nitrogens with one attached hydrogen (secondary N) is 1. The summed E-state index contributed by atoms with van der Waals surface area (Å²) in [5, 5.41) is 14.9. The molecule has 1 aromatic heterocycles. The van der Waals surface area contributed by atoms with Crippen LogP contribution in [0.3, 0.4) is 0 Å². The van der Waals surface area contributed by atoms with E-state index < -0.39 is 4.92 Å². The number of amides is 2. The first-order valence-electron chi connectivity index (χ1n) is 19.5. The minimum atomic E-state index is -0.453. The maximum absolute atomic E-state index is 14.6. The van der Waals surface area contributed by atoms with E-state index in [4.69, 9.17) is 30.8 Å². The zero-order valence-electron chi connectivity index (χ0n) is 34.0. The molecule has 1 N–H and O–H groups in total. The predicted octanol–water partition coefficient (Wildman–Crippen LogP) is 6.58. The summed E-state index contributed by atoms with van der Waals surface area (Å²) in [7, 11) is 6.93. The number of methoxy groups -OCH3 is 2. The van der Waals surface area contributed by atoms with E-state index in [1.54, 1.807) is 46.5 Å².